The maximum absolute atomic E-state index is 3.21. The highest BCUT2D eigenvalue weighted by Crippen LogP contribution is 1.96. The van der Waals surface area contributed by atoms with Crippen LogP contribution in [0.4, 0.5) is 0 Å². The first kappa shape index (κ1) is 7.96. The van der Waals surface area contributed by atoms with Gasteiger partial charge in [0.15, 0.2) is 0 Å². The van der Waals surface area contributed by atoms with E-state index in [1.165, 1.54) is 19.4 Å². The van der Waals surface area contributed by atoms with Crippen molar-refractivity contribution in [3.63, 3.8) is 0 Å². The van der Waals surface area contributed by atoms with Crippen molar-refractivity contribution in [3.8, 4) is 0 Å². The molecule has 0 aromatic carbocycles. The van der Waals surface area contributed by atoms with E-state index in [0.29, 0.717) is 0 Å². The zero-order chi connectivity index (χ0) is 6.41. The fourth-order valence-electron chi connectivity index (χ4n) is 0.433. The third kappa shape index (κ3) is 4.13. The predicted octanol–water partition coefficient (Wildman–Crippen LogP) is 1.78. The van der Waals surface area contributed by atoms with Crippen LogP contribution in [0.25, 0.3) is 0 Å². The molecule has 0 saturated carbocycles. The molecule has 0 amide bonds. The number of nitrogens with one attached hydrogen (secondary N) is 1. The Hall–Kier alpha value is -0.0400. The minimum absolute atomic E-state index is 0.815. The topological polar surface area (TPSA) is 12.0 Å². The lowest BCUT2D eigenvalue weighted by molar-refractivity contribution is 0.399. The van der Waals surface area contributed by atoms with E-state index < -0.39 is 0 Å². The molecule has 0 aliphatic carbocycles. The van der Waals surface area contributed by atoms with Crippen molar-refractivity contribution in [1.29, 1.82) is 0 Å². The van der Waals surface area contributed by atoms with Crippen LogP contribution in [0.15, 0.2) is 0 Å². The van der Waals surface area contributed by atoms with Crippen molar-refractivity contribution in [2.45, 2.75) is 39.7 Å². The second-order valence-electron chi connectivity index (χ2n) is 2.35. The Balaban J connectivity index is 0.000000145. The molecule has 1 heterocycles. The van der Waals surface area contributed by atoms with Gasteiger partial charge in [0.25, 0.3) is 0 Å². The van der Waals surface area contributed by atoms with E-state index in [1.54, 1.807) is 0 Å². The van der Waals surface area contributed by atoms with Crippen molar-refractivity contribution in [2.24, 2.45) is 0 Å². The molecule has 1 heteroatoms. The highest BCUT2D eigenvalue weighted by Gasteiger charge is 2.07. The van der Waals surface area contributed by atoms with Gasteiger partial charge in [0, 0.05) is 6.04 Å². The van der Waals surface area contributed by atoms with E-state index in [4.69, 9.17) is 0 Å². The Bertz CT molecular complexity index is 39.7. The first-order valence-corrected chi connectivity index (χ1v) is 3.54. The molecular weight excluding hydrogens is 98.1 g/mol. The van der Waals surface area contributed by atoms with Crippen LogP contribution in [0.2, 0.25) is 0 Å². The molecule has 0 radical (unpaired) electrons. The van der Waals surface area contributed by atoms with Crippen LogP contribution in [-0.2, 0) is 0 Å². The summed E-state index contributed by atoms with van der Waals surface area (Å²) in [5.41, 5.74) is 0. The Morgan fingerprint density at radius 3 is 1.75 bits per heavy atom. The summed E-state index contributed by atoms with van der Waals surface area (Å²) in [5.74, 6) is 0. The molecule has 1 fully saturated rings. The molecule has 8 heavy (non-hydrogen) atoms. The standard InChI is InChI=1S/C4H9N.C3H8/c1-4-2-3-5-4;1-3-2/h4-5H,2-3H2,1H3;3H2,1-2H3. The van der Waals surface area contributed by atoms with E-state index >= 15 is 0 Å². The number of hydrogen-bond donors (Lipinski definition) is 1. The van der Waals surface area contributed by atoms with Gasteiger partial charge in [-0.1, -0.05) is 20.3 Å². The molecule has 1 unspecified atom stereocenters. The quantitative estimate of drug-likeness (QED) is 0.507. The average molecular weight is 115 g/mol. The lowest BCUT2D eigenvalue weighted by Crippen LogP contribution is -2.39. The summed E-state index contributed by atoms with van der Waals surface area (Å²) in [5, 5.41) is 3.21. The second-order valence-corrected chi connectivity index (χ2v) is 2.35. The number of hydrogen-bond acceptors (Lipinski definition) is 1. The van der Waals surface area contributed by atoms with Gasteiger partial charge in [0.2, 0.25) is 0 Å². The van der Waals surface area contributed by atoms with Crippen LogP contribution in [-0.4, -0.2) is 12.6 Å². The molecule has 1 atom stereocenters. The van der Waals surface area contributed by atoms with E-state index in [0.717, 1.165) is 6.04 Å². The van der Waals surface area contributed by atoms with Gasteiger partial charge in [0.1, 0.15) is 0 Å². The van der Waals surface area contributed by atoms with Gasteiger partial charge in [-0.3, -0.25) is 0 Å². The smallest absolute Gasteiger partial charge is 0.00508 e. The van der Waals surface area contributed by atoms with Crippen molar-refractivity contribution >= 4 is 0 Å². The predicted molar refractivity (Wildman–Crippen MR) is 38.0 cm³/mol. The van der Waals surface area contributed by atoms with Gasteiger partial charge >= 0.3 is 0 Å². The lowest BCUT2D eigenvalue weighted by Gasteiger charge is -2.22. The van der Waals surface area contributed by atoms with Crippen molar-refractivity contribution < 1.29 is 0 Å². The second kappa shape index (κ2) is 5.10. The summed E-state index contributed by atoms with van der Waals surface area (Å²) in [6.45, 7) is 7.69. The van der Waals surface area contributed by atoms with E-state index in [2.05, 4.69) is 26.1 Å². The van der Waals surface area contributed by atoms with Gasteiger partial charge in [0.05, 0.1) is 0 Å². The lowest BCUT2D eigenvalue weighted by atomic mass is 10.1. The third-order valence-electron chi connectivity index (χ3n) is 1.07. The molecule has 0 bridgehead atoms. The van der Waals surface area contributed by atoms with Crippen molar-refractivity contribution in [3.05, 3.63) is 0 Å². The maximum atomic E-state index is 3.21. The first-order chi connectivity index (χ1) is 3.81. The molecule has 1 rings (SSSR count). The summed E-state index contributed by atoms with van der Waals surface area (Å²) in [4.78, 5) is 0. The van der Waals surface area contributed by atoms with Crippen molar-refractivity contribution in [2.75, 3.05) is 6.54 Å². The molecule has 0 aromatic heterocycles. The minimum atomic E-state index is 0.815. The molecule has 1 N–H and O–H groups in total. The average Bonchev–Trinajstić information content (AvgIpc) is 1.64. The van der Waals surface area contributed by atoms with E-state index in [1.807, 2.05) is 0 Å². The summed E-state index contributed by atoms with van der Waals surface area (Å²) >= 11 is 0. The Labute approximate surface area is 52.5 Å². The van der Waals surface area contributed by atoms with Crippen LogP contribution in [0, 0.1) is 0 Å². The third-order valence-corrected chi connectivity index (χ3v) is 1.07. The Kier molecular flexibility index (Phi) is 5.08. The van der Waals surface area contributed by atoms with Crippen LogP contribution >= 0.6 is 0 Å². The largest absolute Gasteiger partial charge is 0.314 e. The zero-order valence-corrected chi connectivity index (χ0v) is 6.20. The molecule has 1 saturated heterocycles. The molecule has 1 nitrogen and oxygen atoms in total. The van der Waals surface area contributed by atoms with E-state index in [9.17, 15) is 0 Å². The summed E-state index contributed by atoms with van der Waals surface area (Å²) < 4.78 is 0. The highest BCUT2D eigenvalue weighted by molar-refractivity contribution is 4.70. The van der Waals surface area contributed by atoms with Crippen molar-refractivity contribution in [1.82, 2.24) is 5.32 Å². The maximum Gasteiger partial charge on any atom is 0.00508 e. The van der Waals surface area contributed by atoms with Gasteiger partial charge in [-0.15, -0.1) is 0 Å². The Morgan fingerprint density at radius 1 is 1.50 bits per heavy atom. The molecule has 50 valence electrons. The number of rotatable bonds is 0. The molecule has 0 aromatic rings. The highest BCUT2D eigenvalue weighted by atomic mass is 15.0. The molecule has 0 spiro atoms. The van der Waals surface area contributed by atoms with Gasteiger partial charge in [-0.2, -0.15) is 0 Å². The summed E-state index contributed by atoms with van der Waals surface area (Å²) in [7, 11) is 0. The van der Waals surface area contributed by atoms with Crippen LogP contribution in [0.5, 0.6) is 0 Å². The zero-order valence-electron chi connectivity index (χ0n) is 6.20. The van der Waals surface area contributed by atoms with E-state index in [-0.39, 0.29) is 0 Å². The van der Waals surface area contributed by atoms with Gasteiger partial charge in [-0.05, 0) is 19.9 Å². The molecule has 1 aliphatic heterocycles. The molecule has 1 aliphatic rings. The molecular formula is C7H17N. The fraction of sp³-hybridized carbons (Fsp3) is 1.00. The van der Waals surface area contributed by atoms with Crippen LogP contribution in [0.3, 0.4) is 0 Å². The first-order valence-electron chi connectivity index (χ1n) is 3.54. The summed E-state index contributed by atoms with van der Waals surface area (Å²) in [6, 6.07) is 0.815. The summed E-state index contributed by atoms with van der Waals surface area (Å²) in [6.07, 6.45) is 2.62. The fourth-order valence-corrected chi connectivity index (χ4v) is 0.433. The Morgan fingerprint density at radius 2 is 1.75 bits per heavy atom. The van der Waals surface area contributed by atoms with Crippen LogP contribution < -0.4 is 5.32 Å². The SMILES string of the molecule is CC1CCN1.CCC. The van der Waals surface area contributed by atoms with Crippen LogP contribution in [0.1, 0.15) is 33.6 Å². The van der Waals surface area contributed by atoms with Gasteiger partial charge in [-0.25, -0.2) is 0 Å². The normalized spacial score (nSPS) is 25.1. The van der Waals surface area contributed by atoms with Gasteiger partial charge < -0.3 is 5.32 Å². The monoisotopic (exact) mass is 115 g/mol. The minimum Gasteiger partial charge on any atom is -0.314 e.